The van der Waals surface area contributed by atoms with Gasteiger partial charge in [0.05, 0.1) is 5.56 Å². The molecule has 1 aliphatic heterocycles. The standard InChI is InChI=1S/C17H19ClN2O/c1-11-7-8-12(2)20(10-11)17(21)15-9-19-16(18)14-6-4-3-5-13(14)15/h3-6,9,11-12H,7-8,10H2,1-2H3. The molecule has 0 radical (unpaired) electrons. The van der Waals surface area contributed by atoms with Gasteiger partial charge in [0.2, 0.25) is 0 Å². The normalized spacial score (nSPS) is 22.5. The highest BCUT2D eigenvalue weighted by molar-refractivity contribution is 6.34. The number of rotatable bonds is 1. The second-order valence-corrected chi connectivity index (χ2v) is 6.36. The van der Waals surface area contributed by atoms with Crippen molar-refractivity contribution >= 4 is 28.3 Å². The number of fused-ring (bicyclic) bond motifs is 1. The first-order valence-electron chi connectivity index (χ1n) is 7.42. The van der Waals surface area contributed by atoms with Gasteiger partial charge in [-0.3, -0.25) is 4.79 Å². The van der Waals surface area contributed by atoms with Gasteiger partial charge in [-0.2, -0.15) is 0 Å². The van der Waals surface area contributed by atoms with E-state index in [0.717, 1.165) is 23.7 Å². The summed E-state index contributed by atoms with van der Waals surface area (Å²) in [6, 6.07) is 7.97. The number of hydrogen-bond acceptors (Lipinski definition) is 2. The maximum Gasteiger partial charge on any atom is 0.256 e. The zero-order valence-corrected chi connectivity index (χ0v) is 13.1. The van der Waals surface area contributed by atoms with Crippen LogP contribution >= 0.6 is 11.6 Å². The molecule has 1 fully saturated rings. The first-order chi connectivity index (χ1) is 10.1. The van der Waals surface area contributed by atoms with Crippen molar-refractivity contribution in [2.75, 3.05) is 6.54 Å². The Morgan fingerprint density at radius 3 is 2.71 bits per heavy atom. The number of piperidine rings is 1. The molecule has 2 unspecified atom stereocenters. The van der Waals surface area contributed by atoms with Crippen molar-refractivity contribution in [1.29, 1.82) is 0 Å². The van der Waals surface area contributed by atoms with E-state index >= 15 is 0 Å². The van der Waals surface area contributed by atoms with E-state index in [0.29, 0.717) is 16.6 Å². The Morgan fingerprint density at radius 2 is 1.95 bits per heavy atom. The topological polar surface area (TPSA) is 33.2 Å². The van der Waals surface area contributed by atoms with Crippen LogP contribution in [-0.2, 0) is 0 Å². The lowest BCUT2D eigenvalue weighted by molar-refractivity contribution is 0.0575. The van der Waals surface area contributed by atoms with Crippen LogP contribution < -0.4 is 0 Å². The Labute approximate surface area is 129 Å². The van der Waals surface area contributed by atoms with Crippen LogP contribution in [0.1, 0.15) is 37.0 Å². The molecule has 0 N–H and O–H groups in total. The number of likely N-dealkylation sites (tertiary alicyclic amines) is 1. The maximum atomic E-state index is 12.9. The van der Waals surface area contributed by atoms with Crippen molar-refractivity contribution < 1.29 is 4.79 Å². The first-order valence-corrected chi connectivity index (χ1v) is 7.80. The highest BCUT2D eigenvalue weighted by Crippen LogP contribution is 2.28. The molecule has 2 aromatic rings. The van der Waals surface area contributed by atoms with E-state index in [1.165, 1.54) is 6.42 Å². The Bertz CT molecular complexity index is 686. The molecule has 1 amide bonds. The summed E-state index contributed by atoms with van der Waals surface area (Å²) in [5.41, 5.74) is 0.649. The second kappa shape index (κ2) is 5.64. The molecule has 1 aliphatic rings. The minimum Gasteiger partial charge on any atom is -0.336 e. The van der Waals surface area contributed by atoms with Crippen molar-refractivity contribution in [3.63, 3.8) is 0 Å². The van der Waals surface area contributed by atoms with Crippen LogP contribution in [0.5, 0.6) is 0 Å². The van der Waals surface area contributed by atoms with Gasteiger partial charge in [0.1, 0.15) is 5.15 Å². The largest absolute Gasteiger partial charge is 0.336 e. The molecule has 1 aromatic heterocycles. The summed E-state index contributed by atoms with van der Waals surface area (Å²) in [6.07, 6.45) is 3.86. The number of amides is 1. The fraction of sp³-hybridized carbons (Fsp3) is 0.412. The summed E-state index contributed by atoms with van der Waals surface area (Å²) in [6.45, 7) is 5.14. The van der Waals surface area contributed by atoms with E-state index in [9.17, 15) is 4.79 Å². The summed E-state index contributed by atoms with van der Waals surface area (Å²) < 4.78 is 0. The summed E-state index contributed by atoms with van der Waals surface area (Å²) >= 11 is 6.14. The minimum atomic E-state index is 0.0643. The lowest BCUT2D eigenvalue weighted by Crippen LogP contribution is -2.45. The van der Waals surface area contributed by atoms with Gasteiger partial charge in [0.25, 0.3) is 5.91 Å². The molecule has 4 heteroatoms. The fourth-order valence-electron chi connectivity index (χ4n) is 3.05. The molecular formula is C17H19ClN2O. The number of benzene rings is 1. The van der Waals surface area contributed by atoms with Crippen molar-refractivity contribution in [1.82, 2.24) is 9.88 Å². The highest BCUT2D eigenvalue weighted by atomic mass is 35.5. The van der Waals surface area contributed by atoms with E-state index in [4.69, 9.17) is 11.6 Å². The molecule has 110 valence electrons. The van der Waals surface area contributed by atoms with Gasteiger partial charge in [0, 0.05) is 24.2 Å². The van der Waals surface area contributed by atoms with Gasteiger partial charge >= 0.3 is 0 Å². The molecule has 1 aromatic carbocycles. The van der Waals surface area contributed by atoms with Gasteiger partial charge in [-0.15, -0.1) is 0 Å². The van der Waals surface area contributed by atoms with Crippen molar-refractivity contribution in [2.24, 2.45) is 5.92 Å². The van der Waals surface area contributed by atoms with E-state index in [-0.39, 0.29) is 11.9 Å². The summed E-state index contributed by atoms with van der Waals surface area (Å²) in [5, 5.41) is 2.16. The van der Waals surface area contributed by atoms with Crippen molar-refractivity contribution in [3.8, 4) is 0 Å². The maximum absolute atomic E-state index is 12.9. The molecule has 2 heterocycles. The molecule has 3 rings (SSSR count). The zero-order valence-electron chi connectivity index (χ0n) is 12.3. The van der Waals surface area contributed by atoms with Gasteiger partial charge in [-0.05, 0) is 31.1 Å². The summed E-state index contributed by atoms with van der Waals surface area (Å²) in [7, 11) is 0. The minimum absolute atomic E-state index is 0.0643. The Morgan fingerprint density at radius 1 is 1.24 bits per heavy atom. The van der Waals surface area contributed by atoms with Crippen molar-refractivity contribution in [2.45, 2.75) is 32.7 Å². The summed E-state index contributed by atoms with van der Waals surface area (Å²) in [4.78, 5) is 19.1. The molecule has 3 nitrogen and oxygen atoms in total. The molecule has 0 aliphatic carbocycles. The molecule has 0 saturated carbocycles. The first kappa shape index (κ1) is 14.3. The quantitative estimate of drug-likeness (QED) is 0.741. The van der Waals surface area contributed by atoms with Crippen LogP contribution in [-0.4, -0.2) is 28.4 Å². The molecule has 21 heavy (non-hydrogen) atoms. The van der Waals surface area contributed by atoms with Crippen LogP contribution in [0.4, 0.5) is 0 Å². The number of carbonyl (C=O) groups excluding carboxylic acids is 1. The van der Waals surface area contributed by atoms with Crippen LogP contribution in [0.25, 0.3) is 10.8 Å². The van der Waals surface area contributed by atoms with Gasteiger partial charge in [0.15, 0.2) is 0 Å². The molecule has 1 saturated heterocycles. The monoisotopic (exact) mass is 302 g/mol. The van der Waals surface area contributed by atoms with E-state index in [2.05, 4.69) is 18.8 Å². The van der Waals surface area contributed by atoms with E-state index in [1.807, 2.05) is 29.2 Å². The predicted octanol–water partition coefficient (Wildman–Crippen LogP) is 4.15. The Kier molecular flexibility index (Phi) is 3.85. The van der Waals surface area contributed by atoms with Crippen LogP contribution in [0.15, 0.2) is 30.5 Å². The number of hydrogen-bond donors (Lipinski definition) is 0. The number of nitrogens with zero attached hydrogens (tertiary/aromatic N) is 2. The van der Waals surface area contributed by atoms with E-state index in [1.54, 1.807) is 6.20 Å². The molecule has 0 spiro atoms. The van der Waals surface area contributed by atoms with Crippen molar-refractivity contribution in [3.05, 3.63) is 41.2 Å². The average molecular weight is 303 g/mol. The van der Waals surface area contributed by atoms with Gasteiger partial charge < -0.3 is 4.90 Å². The fourth-order valence-corrected chi connectivity index (χ4v) is 3.27. The zero-order chi connectivity index (χ0) is 15.0. The number of pyridine rings is 1. The van der Waals surface area contributed by atoms with Crippen LogP contribution in [0.3, 0.4) is 0 Å². The smallest absolute Gasteiger partial charge is 0.256 e. The van der Waals surface area contributed by atoms with E-state index < -0.39 is 0 Å². The third kappa shape index (κ3) is 2.62. The second-order valence-electron chi connectivity index (χ2n) is 6.00. The molecule has 0 bridgehead atoms. The third-order valence-electron chi connectivity index (χ3n) is 4.36. The lowest BCUT2D eigenvalue weighted by atomic mass is 9.94. The predicted molar refractivity (Wildman–Crippen MR) is 85.6 cm³/mol. The number of carbonyl (C=O) groups is 1. The Balaban J connectivity index is 2.04. The third-order valence-corrected chi connectivity index (χ3v) is 4.66. The Hall–Kier alpha value is -1.61. The van der Waals surface area contributed by atoms with Gasteiger partial charge in [-0.1, -0.05) is 42.8 Å². The highest BCUT2D eigenvalue weighted by Gasteiger charge is 2.28. The average Bonchev–Trinajstić information content (AvgIpc) is 2.50. The SMILES string of the molecule is CC1CCC(C)N(C(=O)c2cnc(Cl)c3ccccc23)C1. The van der Waals surface area contributed by atoms with Crippen LogP contribution in [0.2, 0.25) is 5.15 Å². The lowest BCUT2D eigenvalue weighted by Gasteiger charge is -2.37. The van der Waals surface area contributed by atoms with Crippen LogP contribution in [0, 0.1) is 5.92 Å². The molecular weight excluding hydrogens is 284 g/mol. The number of halogens is 1. The molecule has 2 atom stereocenters. The summed E-state index contributed by atoms with van der Waals surface area (Å²) in [5.74, 6) is 0.617. The van der Waals surface area contributed by atoms with Gasteiger partial charge in [-0.25, -0.2) is 4.98 Å². The number of aromatic nitrogens is 1.